The Hall–Kier alpha value is -1.59. The molecule has 3 saturated carbocycles. The molecule has 1 aromatic rings. The molecule has 43 heavy (non-hydrogen) atoms. The molecule has 0 spiro atoms. The fourth-order valence-corrected chi connectivity index (χ4v) is 8.42. The Bertz CT molecular complexity index is 1010. The first-order valence-corrected chi connectivity index (χ1v) is 17.4. The van der Waals surface area contributed by atoms with E-state index >= 15 is 8.78 Å². The van der Waals surface area contributed by atoms with Gasteiger partial charge in [-0.1, -0.05) is 44.8 Å². The Morgan fingerprint density at radius 2 is 1.40 bits per heavy atom. The Labute approximate surface area is 257 Å². The van der Waals surface area contributed by atoms with Gasteiger partial charge in [0.25, 0.3) is 12.3 Å². The molecule has 0 unspecified atom stereocenters. The molecule has 0 aliphatic heterocycles. The Balaban J connectivity index is 1.23. The summed E-state index contributed by atoms with van der Waals surface area (Å²) in [5.41, 5.74) is -0.971. The second kappa shape index (κ2) is 16.1. The van der Waals surface area contributed by atoms with Gasteiger partial charge in [-0.3, -0.25) is 0 Å². The molecule has 0 radical (unpaired) electrons. The van der Waals surface area contributed by atoms with Crippen LogP contribution in [-0.2, 0) is 6.42 Å². The summed E-state index contributed by atoms with van der Waals surface area (Å²) in [6.07, 6.45) is 19.0. The summed E-state index contributed by atoms with van der Waals surface area (Å²) < 4.78 is 78.7. The number of halogens is 5. The first-order chi connectivity index (χ1) is 20.6. The van der Waals surface area contributed by atoms with E-state index in [2.05, 4.69) is 19.1 Å². The van der Waals surface area contributed by atoms with Gasteiger partial charge in [-0.15, -0.1) is 0 Å². The van der Waals surface area contributed by atoms with Crippen LogP contribution in [0.5, 0.6) is 5.75 Å². The Kier molecular flexibility index (Phi) is 12.8. The van der Waals surface area contributed by atoms with Crippen LogP contribution in [0.3, 0.4) is 0 Å². The van der Waals surface area contributed by atoms with E-state index in [1.807, 2.05) is 0 Å². The van der Waals surface area contributed by atoms with Crippen LogP contribution < -0.4 is 4.74 Å². The van der Waals surface area contributed by atoms with Gasteiger partial charge in [0, 0.05) is 12.3 Å². The quantitative estimate of drug-likeness (QED) is 0.123. The Morgan fingerprint density at radius 1 is 0.837 bits per heavy atom. The van der Waals surface area contributed by atoms with Crippen molar-refractivity contribution in [3.63, 3.8) is 0 Å². The number of ether oxygens (including phenoxy) is 1. The van der Waals surface area contributed by atoms with Gasteiger partial charge in [0.2, 0.25) is 0 Å². The zero-order chi connectivity index (χ0) is 31.0. The van der Waals surface area contributed by atoms with Crippen molar-refractivity contribution in [1.29, 1.82) is 0 Å². The lowest BCUT2D eigenvalue weighted by Gasteiger charge is -2.39. The lowest BCUT2D eigenvalue weighted by atomic mass is 9.68. The van der Waals surface area contributed by atoms with Crippen LogP contribution in [0.25, 0.3) is 0 Å². The summed E-state index contributed by atoms with van der Waals surface area (Å²) in [5.74, 6) is -2.11. The van der Waals surface area contributed by atoms with Gasteiger partial charge < -0.3 is 4.74 Å². The average molecular weight is 611 g/mol. The highest BCUT2D eigenvalue weighted by molar-refractivity contribution is 5.44. The van der Waals surface area contributed by atoms with Crippen molar-refractivity contribution >= 4 is 0 Å². The van der Waals surface area contributed by atoms with Crippen molar-refractivity contribution in [2.24, 2.45) is 35.5 Å². The van der Waals surface area contributed by atoms with Crippen LogP contribution in [0.15, 0.2) is 18.2 Å². The molecule has 0 N–H and O–H groups in total. The number of alkyl halides is 4. The largest absolute Gasteiger partial charge is 0.491 e. The minimum atomic E-state index is -3.18. The fraction of sp³-hybridized carbons (Fsp3) is 0.784. The number of unbranched alkanes of at least 4 members (excludes halogenated alkanes) is 2. The molecular formula is C37H55F5O. The first-order valence-electron chi connectivity index (χ1n) is 17.4. The number of hydrogen-bond donors (Lipinski definition) is 0. The van der Waals surface area contributed by atoms with Crippen LogP contribution in [0.4, 0.5) is 22.0 Å². The van der Waals surface area contributed by atoms with Crippen molar-refractivity contribution in [1.82, 2.24) is 0 Å². The smallest absolute Gasteiger partial charge is 0.267 e. The van der Waals surface area contributed by atoms with Gasteiger partial charge in [0.15, 0.2) is 11.6 Å². The predicted octanol–water partition coefficient (Wildman–Crippen LogP) is 12.2. The summed E-state index contributed by atoms with van der Waals surface area (Å²) in [4.78, 5) is 0. The highest BCUT2D eigenvalue weighted by Crippen LogP contribution is 2.47. The molecule has 3 fully saturated rings. The standard InChI is InChI=1S/C37H55F5O/c1-4-6-7-8-26-9-11-27(12-10-26)13-14-28-15-17-29(18-16-28)30-19-21-31(22-20-30)37(41,42)24-32-25(3)23-33(43-5-2)35(38)34(32)36(39)40/h13-14,23,26-31,36H,4-12,15-22,24H2,1-3H3/b14-13+. The minimum Gasteiger partial charge on any atom is -0.491 e. The van der Waals surface area contributed by atoms with E-state index in [0.29, 0.717) is 30.6 Å². The maximum atomic E-state index is 15.5. The molecule has 244 valence electrons. The summed E-state index contributed by atoms with van der Waals surface area (Å²) in [6.45, 7) is 5.49. The lowest BCUT2D eigenvalue weighted by molar-refractivity contribution is -0.0781. The SMILES string of the molecule is CCCCCC1CCC(/C=C/C2CCC(C3CCC(C(F)(F)Cc4c(C)cc(OCC)c(F)c4C(F)F)CC3)CC2)CC1. The molecule has 0 heterocycles. The van der Waals surface area contributed by atoms with Crippen molar-refractivity contribution in [2.75, 3.05) is 6.61 Å². The molecule has 0 aromatic heterocycles. The fourth-order valence-electron chi connectivity index (χ4n) is 8.42. The van der Waals surface area contributed by atoms with Crippen LogP contribution in [-0.4, -0.2) is 12.5 Å². The summed E-state index contributed by atoms with van der Waals surface area (Å²) >= 11 is 0. The molecule has 0 bridgehead atoms. The predicted molar refractivity (Wildman–Crippen MR) is 166 cm³/mol. The number of hydrogen-bond acceptors (Lipinski definition) is 1. The zero-order valence-electron chi connectivity index (χ0n) is 26.8. The van der Waals surface area contributed by atoms with E-state index < -0.39 is 36.1 Å². The molecule has 6 heteroatoms. The van der Waals surface area contributed by atoms with Crippen LogP contribution in [0.1, 0.15) is 140 Å². The molecule has 3 aliphatic carbocycles. The summed E-state index contributed by atoms with van der Waals surface area (Å²) in [6, 6.07) is 1.28. The third-order valence-electron chi connectivity index (χ3n) is 11.1. The molecule has 3 aliphatic rings. The number of allylic oxidation sites excluding steroid dienone is 2. The van der Waals surface area contributed by atoms with Crippen molar-refractivity contribution in [3.05, 3.63) is 40.7 Å². The first kappa shape index (κ1) is 34.3. The van der Waals surface area contributed by atoms with Crippen LogP contribution in [0.2, 0.25) is 0 Å². The molecule has 0 amide bonds. The second-order valence-corrected chi connectivity index (χ2v) is 14.0. The normalized spacial score (nSPS) is 29.0. The van der Waals surface area contributed by atoms with Gasteiger partial charge in [-0.05, 0) is 138 Å². The highest BCUT2D eigenvalue weighted by Gasteiger charge is 2.44. The van der Waals surface area contributed by atoms with Crippen LogP contribution >= 0.6 is 0 Å². The van der Waals surface area contributed by atoms with Gasteiger partial charge >= 0.3 is 0 Å². The van der Waals surface area contributed by atoms with E-state index in [4.69, 9.17) is 4.74 Å². The topological polar surface area (TPSA) is 9.23 Å². The lowest BCUT2D eigenvalue weighted by Crippen LogP contribution is -2.36. The third kappa shape index (κ3) is 9.22. The molecule has 0 atom stereocenters. The van der Waals surface area contributed by atoms with Crippen molar-refractivity contribution in [3.8, 4) is 5.75 Å². The maximum Gasteiger partial charge on any atom is 0.267 e. The van der Waals surface area contributed by atoms with Gasteiger partial charge in [0.1, 0.15) is 0 Å². The number of benzene rings is 1. The highest BCUT2D eigenvalue weighted by atomic mass is 19.3. The van der Waals surface area contributed by atoms with E-state index in [1.165, 1.54) is 90.0 Å². The maximum absolute atomic E-state index is 15.5. The van der Waals surface area contributed by atoms with E-state index in [-0.39, 0.29) is 23.5 Å². The van der Waals surface area contributed by atoms with Crippen LogP contribution in [0, 0.1) is 48.2 Å². The van der Waals surface area contributed by atoms with Gasteiger partial charge in [-0.2, -0.15) is 0 Å². The average Bonchev–Trinajstić information content (AvgIpc) is 2.99. The summed E-state index contributed by atoms with van der Waals surface area (Å²) in [7, 11) is 0. The van der Waals surface area contributed by atoms with Gasteiger partial charge in [0.05, 0.1) is 12.2 Å². The van der Waals surface area contributed by atoms with Gasteiger partial charge in [-0.25, -0.2) is 22.0 Å². The minimum absolute atomic E-state index is 0.107. The summed E-state index contributed by atoms with van der Waals surface area (Å²) in [5, 5.41) is 0. The van der Waals surface area contributed by atoms with E-state index in [9.17, 15) is 13.2 Å². The van der Waals surface area contributed by atoms with E-state index in [0.717, 1.165) is 24.7 Å². The third-order valence-corrected chi connectivity index (χ3v) is 11.1. The number of aryl methyl sites for hydroxylation is 1. The van der Waals surface area contributed by atoms with Crippen molar-refractivity contribution in [2.45, 2.75) is 142 Å². The molecule has 0 saturated heterocycles. The molecular weight excluding hydrogens is 555 g/mol. The monoisotopic (exact) mass is 610 g/mol. The zero-order valence-corrected chi connectivity index (χ0v) is 26.8. The molecule has 4 rings (SSSR count). The molecule has 1 nitrogen and oxygen atoms in total. The number of rotatable bonds is 13. The second-order valence-electron chi connectivity index (χ2n) is 14.0. The molecule has 1 aromatic carbocycles. The van der Waals surface area contributed by atoms with E-state index in [1.54, 1.807) is 6.92 Å². The van der Waals surface area contributed by atoms with Crippen molar-refractivity contribution < 1.29 is 26.7 Å². The Morgan fingerprint density at radius 3 is 1.93 bits per heavy atom.